The fraction of sp³-hybridized carbons (Fsp3) is 0.333. The van der Waals surface area contributed by atoms with Crippen molar-refractivity contribution in [3.05, 3.63) is 56.1 Å². The molecule has 0 saturated carbocycles. The van der Waals surface area contributed by atoms with Crippen molar-refractivity contribution >= 4 is 22.6 Å². The van der Waals surface area contributed by atoms with E-state index in [9.17, 15) is 49.9 Å². The third kappa shape index (κ3) is 2.58. The highest BCUT2D eigenvalue weighted by Crippen LogP contribution is 2.55. The van der Waals surface area contributed by atoms with Gasteiger partial charge in [0.25, 0.3) is 11.1 Å². The van der Waals surface area contributed by atoms with Gasteiger partial charge in [0, 0.05) is 17.2 Å². The van der Waals surface area contributed by atoms with Crippen LogP contribution in [0.15, 0.2) is 33.9 Å². The lowest BCUT2D eigenvalue weighted by molar-refractivity contribution is -0.357. The van der Waals surface area contributed by atoms with Crippen molar-refractivity contribution in [3.63, 3.8) is 0 Å². The van der Waals surface area contributed by atoms with Crippen molar-refractivity contribution in [1.29, 1.82) is 0 Å². The Morgan fingerprint density at radius 2 is 1.48 bits per heavy atom. The molecule has 4 heterocycles. The Morgan fingerprint density at radius 1 is 0.903 bits per heavy atom. The van der Waals surface area contributed by atoms with Gasteiger partial charge >= 0.3 is 18.0 Å². The zero-order valence-corrected chi connectivity index (χ0v) is 14.9. The maximum absolute atomic E-state index is 14.4. The number of aromatic nitrogens is 1. The molecule has 2 aromatic heterocycles. The molecule has 6 rings (SSSR count). The van der Waals surface area contributed by atoms with Gasteiger partial charge in [-0.1, -0.05) is 12.2 Å². The van der Waals surface area contributed by atoms with Gasteiger partial charge in [-0.15, -0.1) is 0 Å². The Bertz CT molecular complexity index is 1280. The number of aromatic amines is 1. The number of benzene rings is 1. The van der Waals surface area contributed by atoms with E-state index in [1.54, 1.807) is 5.32 Å². The maximum Gasteiger partial charge on any atom is 0.459 e. The normalized spacial score (nSPS) is 23.8. The molecule has 2 unspecified atom stereocenters. The molecule has 2 N–H and O–H groups in total. The molecule has 3 aromatic rings. The van der Waals surface area contributed by atoms with Gasteiger partial charge in [-0.2, -0.15) is 30.7 Å². The smallest absolute Gasteiger partial charge is 0.295 e. The van der Waals surface area contributed by atoms with Gasteiger partial charge in [0.15, 0.2) is 0 Å². The second-order valence-electron chi connectivity index (χ2n) is 7.31. The fourth-order valence-corrected chi connectivity index (χ4v) is 4.09. The van der Waals surface area contributed by atoms with E-state index in [0.29, 0.717) is 6.08 Å². The number of H-pyrrole nitrogens is 1. The van der Waals surface area contributed by atoms with Gasteiger partial charge in [-0.05, 0) is 23.3 Å². The Kier molecular flexibility index (Phi) is 4.01. The average Bonchev–Trinajstić information content (AvgIpc) is 2.94. The van der Waals surface area contributed by atoms with E-state index in [-0.39, 0.29) is 10.9 Å². The summed E-state index contributed by atoms with van der Waals surface area (Å²) in [6, 6.07) is 2.01. The molecule has 0 spiro atoms. The lowest BCUT2D eigenvalue weighted by Crippen LogP contribution is -2.57. The number of halogens is 7. The van der Waals surface area contributed by atoms with Crippen molar-refractivity contribution in [1.82, 2.24) is 10.3 Å². The van der Waals surface area contributed by atoms with Crippen LogP contribution in [-0.4, -0.2) is 34.8 Å². The first kappa shape index (κ1) is 21.0. The second-order valence-corrected chi connectivity index (χ2v) is 7.31. The van der Waals surface area contributed by atoms with E-state index in [0.717, 1.165) is 18.2 Å². The monoisotopic (exact) mass is 450 g/mol. The molecule has 164 valence electrons. The van der Waals surface area contributed by atoms with Crippen molar-refractivity contribution in [3.8, 4) is 0 Å². The van der Waals surface area contributed by atoms with Gasteiger partial charge < -0.3 is 0 Å². The molecule has 0 fully saturated rings. The third-order valence-corrected chi connectivity index (χ3v) is 5.53. The van der Waals surface area contributed by atoms with Crippen molar-refractivity contribution < 1.29 is 40.3 Å². The molecule has 2 atom stereocenters. The highest BCUT2D eigenvalue weighted by atomic mass is 19.4. The van der Waals surface area contributed by atoms with E-state index in [1.165, 1.54) is 0 Å². The molecule has 31 heavy (non-hydrogen) atoms. The minimum Gasteiger partial charge on any atom is -0.295 e. The first-order valence-corrected chi connectivity index (χ1v) is 8.54. The Labute approximate surface area is 166 Å². The van der Waals surface area contributed by atoms with E-state index < -0.39 is 69.7 Å². The Balaban J connectivity index is 2.09. The summed E-state index contributed by atoms with van der Waals surface area (Å²) in [6.45, 7) is 0. The number of hydrogen-bond acceptors (Lipinski definition) is 4. The number of rotatable bonds is 3. The molecule has 0 radical (unpaired) electrons. The number of fused-ring (bicyclic) bond motifs is 5. The van der Waals surface area contributed by atoms with Crippen molar-refractivity contribution in [2.45, 2.75) is 35.8 Å². The summed E-state index contributed by atoms with van der Waals surface area (Å²) in [5, 5.41) is 0.744. The van der Waals surface area contributed by atoms with E-state index >= 15 is 0 Å². The van der Waals surface area contributed by atoms with Crippen LogP contribution in [0.5, 0.6) is 0 Å². The summed E-state index contributed by atoms with van der Waals surface area (Å²) in [4.78, 5) is 51.6. The first-order valence-electron chi connectivity index (χ1n) is 8.54. The predicted octanol–water partition coefficient (Wildman–Crippen LogP) is 2.10. The highest BCUT2D eigenvalue weighted by Gasteiger charge is 2.74. The first-order chi connectivity index (χ1) is 14.1. The number of alkyl halides is 7. The molecule has 2 aliphatic heterocycles. The number of carbonyl (C=O) groups is 2. The van der Waals surface area contributed by atoms with Crippen LogP contribution in [-0.2, 0) is 15.0 Å². The van der Waals surface area contributed by atoms with Crippen LogP contribution in [0.2, 0.25) is 0 Å². The van der Waals surface area contributed by atoms with Crippen LogP contribution < -0.4 is 16.4 Å². The van der Waals surface area contributed by atoms with Gasteiger partial charge in [-0.25, -0.2) is 0 Å². The summed E-state index contributed by atoms with van der Waals surface area (Å²) in [5.74, 6) is -16.5. The van der Waals surface area contributed by atoms with Crippen LogP contribution in [0.4, 0.5) is 30.7 Å². The molecule has 4 bridgehead atoms. The minimum absolute atomic E-state index is 0.376. The van der Waals surface area contributed by atoms with E-state index in [4.69, 9.17) is 0 Å². The Morgan fingerprint density at radius 3 is 2.10 bits per heavy atom. The van der Waals surface area contributed by atoms with Gasteiger partial charge in [0.05, 0.1) is 11.3 Å². The highest BCUT2D eigenvalue weighted by molar-refractivity contribution is 6.11. The molecule has 1 aromatic carbocycles. The molecule has 0 saturated heterocycles. The summed E-state index contributed by atoms with van der Waals surface area (Å²) in [7, 11) is 0. The minimum atomic E-state index is -6.65. The fourth-order valence-electron chi connectivity index (χ4n) is 4.09. The molecule has 6 nitrogen and oxygen atoms in total. The summed E-state index contributed by atoms with van der Waals surface area (Å²) >= 11 is 0. The van der Waals surface area contributed by atoms with Gasteiger partial charge in [-0.3, -0.25) is 29.5 Å². The number of imide groups is 1. The van der Waals surface area contributed by atoms with Crippen LogP contribution in [0.25, 0.3) is 10.8 Å². The molecule has 2 amide bonds. The SMILES string of the molecule is O=C1NC(=O)C2(CC(F)(F)C(F)(F)C(F)(F)F)C=CC1c1c2c2ccc1c(=O)[nH]c2=O. The molecular weight excluding hydrogens is 441 g/mol. The zero-order chi connectivity index (χ0) is 23.1. The lowest BCUT2D eigenvalue weighted by Gasteiger charge is -2.37. The lowest BCUT2D eigenvalue weighted by atomic mass is 9.67. The molecule has 13 heteroatoms. The molecule has 1 aliphatic carbocycles. The van der Waals surface area contributed by atoms with E-state index in [1.807, 2.05) is 4.98 Å². The topological polar surface area (TPSA) is 96.1 Å². The number of hydrogen-bond donors (Lipinski definition) is 2. The maximum atomic E-state index is 14.4. The predicted molar refractivity (Wildman–Crippen MR) is 89.3 cm³/mol. The standard InChI is InChI=1S/C18H9F7N2O4/c19-16(20,17(21,22)18(23,24)25)5-15-4-3-7(12(29)27-14(15)31)9-6-1-2-8(10(9)15)13(30)26-11(6)28/h1-4,7H,5H2,(H,26,28,30)(H,27,29,31). The molecular formula is C18H9F7N2O4. The number of carbonyl (C=O) groups excluding carboxylic acids is 2. The van der Waals surface area contributed by atoms with E-state index in [2.05, 4.69) is 0 Å². The zero-order valence-electron chi connectivity index (χ0n) is 14.9. The number of nitrogens with one attached hydrogen (secondary N) is 2. The van der Waals surface area contributed by atoms with Crippen LogP contribution in [0.1, 0.15) is 23.5 Å². The summed E-state index contributed by atoms with van der Waals surface area (Å²) in [5.41, 5.74) is -6.25. The second kappa shape index (κ2) is 5.92. The van der Waals surface area contributed by atoms with Gasteiger partial charge in [0.2, 0.25) is 11.8 Å². The van der Waals surface area contributed by atoms with Crippen molar-refractivity contribution in [2.24, 2.45) is 0 Å². The third-order valence-electron chi connectivity index (χ3n) is 5.53. The Hall–Kier alpha value is -3.25. The summed E-state index contributed by atoms with van der Waals surface area (Å²) in [6.07, 6.45) is -7.60. The summed E-state index contributed by atoms with van der Waals surface area (Å²) < 4.78 is 94.2. The quantitative estimate of drug-likeness (QED) is 0.426. The van der Waals surface area contributed by atoms with Crippen LogP contribution in [0, 0.1) is 0 Å². The van der Waals surface area contributed by atoms with Crippen LogP contribution >= 0.6 is 0 Å². The number of amides is 2. The van der Waals surface area contributed by atoms with Gasteiger partial charge in [0.1, 0.15) is 0 Å². The van der Waals surface area contributed by atoms with Crippen molar-refractivity contribution in [2.75, 3.05) is 0 Å². The molecule has 3 aliphatic rings. The largest absolute Gasteiger partial charge is 0.459 e. The average molecular weight is 450 g/mol. The van der Waals surface area contributed by atoms with Crippen LogP contribution in [0.3, 0.4) is 0 Å².